The minimum Gasteiger partial charge on any atom is -0.293 e. The van der Waals surface area contributed by atoms with Gasteiger partial charge in [0.2, 0.25) is 0 Å². The van der Waals surface area contributed by atoms with Crippen molar-refractivity contribution in [1.82, 2.24) is 14.8 Å². The van der Waals surface area contributed by atoms with Crippen molar-refractivity contribution in [3.8, 4) is 5.69 Å². The van der Waals surface area contributed by atoms with E-state index < -0.39 is 0 Å². The van der Waals surface area contributed by atoms with E-state index in [4.69, 9.17) is 0 Å². The van der Waals surface area contributed by atoms with Gasteiger partial charge < -0.3 is 0 Å². The van der Waals surface area contributed by atoms with Crippen LogP contribution in [0.2, 0.25) is 0 Å². The molecule has 1 atom stereocenters. The first-order chi connectivity index (χ1) is 11.6. The van der Waals surface area contributed by atoms with Crippen LogP contribution in [-0.2, 0) is 0 Å². The van der Waals surface area contributed by atoms with Crippen molar-refractivity contribution in [3.63, 3.8) is 0 Å². The quantitative estimate of drug-likeness (QED) is 0.516. The molecule has 0 fully saturated rings. The Kier molecular flexibility index (Phi) is 4.81. The molecule has 4 nitrogen and oxygen atoms in total. The van der Waals surface area contributed by atoms with Gasteiger partial charge >= 0.3 is 0 Å². The van der Waals surface area contributed by atoms with E-state index >= 15 is 0 Å². The number of carbonyl (C=O) groups excluding carboxylic acids is 1. The maximum absolute atomic E-state index is 12.6. The lowest BCUT2D eigenvalue weighted by Crippen LogP contribution is -2.14. The Morgan fingerprint density at radius 3 is 2.33 bits per heavy atom. The fraction of sp³-hybridized carbons (Fsp3) is 0.211. The Morgan fingerprint density at radius 2 is 1.67 bits per heavy atom. The Morgan fingerprint density at radius 1 is 1.00 bits per heavy atom. The highest BCUT2D eigenvalue weighted by Gasteiger charge is 2.20. The van der Waals surface area contributed by atoms with Crippen LogP contribution >= 0.6 is 11.8 Å². The average molecular weight is 337 g/mol. The van der Waals surface area contributed by atoms with Crippen LogP contribution in [-0.4, -0.2) is 25.8 Å². The summed E-state index contributed by atoms with van der Waals surface area (Å²) in [7, 11) is 0. The molecule has 24 heavy (non-hydrogen) atoms. The summed E-state index contributed by atoms with van der Waals surface area (Å²) in [6.45, 7) is 5.83. The molecule has 1 heterocycles. The van der Waals surface area contributed by atoms with Crippen LogP contribution in [0.1, 0.15) is 28.7 Å². The molecule has 0 amide bonds. The van der Waals surface area contributed by atoms with Gasteiger partial charge in [-0.15, -0.1) is 10.2 Å². The Hall–Kier alpha value is -2.40. The third-order valence-corrected chi connectivity index (χ3v) is 4.84. The molecule has 2 aromatic carbocycles. The molecule has 122 valence electrons. The third-order valence-electron chi connectivity index (χ3n) is 3.80. The minimum absolute atomic E-state index is 0.0975. The van der Waals surface area contributed by atoms with E-state index in [1.807, 2.05) is 79.9 Å². The van der Waals surface area contributed by atoms with Crippen LogP contribution < -0.4 is 0 Å². The lowest BCUT2D eigenvalue weighted by Gasteiger charge is -2.12. The number of ketones is 1. The van der Waals surface area contributed by atoms with Gasteiger partial charge in [-0.05, 0) is 32.9 Å². The molecule has 0 N–H and O–H groups in total. The zero-order chi connectivity index (χ0) is 17.1. The molecule has 0 aliphatic rings. The Balaban J connectivity index is 1.84. The first-order valence-corrected chi connectivity index (χ1v) is 8.69. The summed E-state index contributed by atoms with van der Waals surface area (Å²) in [4.78, 5) is 12.6. The molecule has 0 saturated carbocycles. The van der Waals surface area contributed by atoms with E-state index in [0.717, 1.165) is 27.8 Å². The number of Topliss-reactive ketones (excluding diaryl/α,β-unsaturated/α-hetero) is 1. The normalized spacial score (nSPS) is 12.1. The van der Waals surface area contributed by atoms with Gasteiger partial charge in [0.15, 0.2) is 10.9 Å². The molecule has 0 saturated heterocycles. The Labute approximate surface area is 145 Å². The molecule has 3 rings (SSSR count). The molecule has 0 spiro atoms. The van der Waals surface area contributed by atoms with Crippen LogP contribution in [0.5, 0.6) is 0 Å². The van der Waals surface area contributed by atoms with Crippen LogP contribution in [0.15, 0.2) is 59.8 Å². The topological polar surface area (TPSA) is 47.8 Å². The van der Waals surface area contributed by atoms with Crippen LogP contribution in [0.3, 0.4) is 0 Å². The fourth-order valence-corrected chi connectivity index (χ4v) is 3.45. The van der Waals surface area contributed by atoms with E-state index in [-0.39, 0.29) is 11.0 Å². The van der Waals surface area contributed by atoms with E-state index in [2.05, 4.69) is 10.2 Å². The lowest BCUT2D eigenvalue weighted by molar-refractivity contribution is 0.0994. The second-order valence-electron chi connectivity index (χ2n) is 5.69. The summed E-state index contributed by atoms with van der Waals surface area (Å²) >= 11 is 1.43. The van der Waals surface area contributed by atoms with E-state index in [1.54, 1.807) is 0 Å². The number of aromatic nitrogens is 3. The number of para-hydroxylation sites is 1. The molecule has 1 aromatic heterocycles. The van der Waals surface area contributed by atoms with Crippen molar-refractivity contribution >= 4 is 17.5 Å². The molecule has 0 aliphatic heterocycles. The predicted octanol–water partition coefficient (Wildman–Crippen LogP) is 4.25. The van der Waals surface area contributed by atoms with Crippen LogP contribution in [0.25, 0.3) is 5.69 Å². The third kappa shape index (κ3) is 3.41. The highest BCUT2D eigenvalue weighted by Crippen LogP contribution is 2.27. The molecule has 0 aliphatic carbocycles. The van der Waals surface area contributed by atoms with Crippen LogP contribution in [0.4, 0.5) is 0 Å². The van der Waals surface area contributed by atoms with Crippen molar-refractivity contribution in [2.45, 2.75) is 31.2 Å². The number of hydrogen-bond acceptors (Lipinski definition) is 4. The van der Waals surface area contributed by atoms with Crippen molar-refractivity contribution in [1.29, 1.82) is 0 Å². The van der Waals surface area contributed by atoms with Gasteiger partial charge in [-0.1, -0.05) is 59.8 Å². The van der Waals surface area contributed by atoms with E-state index in [0.29, 0.717) is 0 Å². The molecule has 5 heteroatoms. The number of rotatable bonds is 5. The van der Waals surface area contributed by atoms with E-state index in [1.165, 1.54) is 11.8 Å². The number of benzene rings is 2. The first-order valence-electron chi connectivity index (χ1n) is 7.81. The van der Waals surface area contributed by atoms with Crippen molar-refractivity contribution in [3.05, 3.63) is 71.5 Å². The first kappa shape index (κ1) is 16.5. The summed E-state index contributed by atoms with van der Waals surface area (Å²) in [5.74, 6) is 0.902. The maximum Gasteiger partial charge on any atom is 0.196 e. The summed E-state index contributed by atoms with van der Waals surface area (Å²) in [6, 6.07) is 17.6. The number of hydrogen-bond donors (Lipinski definition) is 0. The summed E-state index contributed by atoms with van der Waals surface area (Å²) < 4.78 is 1.98. The second-order valence-corrected chi connectivity index (χ2v) is 7.00. The summed E-state index contributed by atoms with van der Waals surface area (Å²) in [5, 5.41) is 8.91. The minimum atomic E-state index is -0.237. The van der Waals surface area contributed by atoms with Gasteiger partial charge in [-0.2, -0.15) is 0 Å². The molecule has 1 unspecified atom stereocenters. The highest BCUT2D eigenvalue weighted by molar-refractivity contribution is 8.00. The van der Waals surface area contributed by atoms with Crippen molar-refractivity contribution < 1.29 is 4.79 Å². The van der Waals surface area contributed by atoms with Gasteiger partial charge in [0, 0.05) is 11.3 Å². The average Bonchev–Trinajstić information content (AvgIpc) is 2.96. The van der Waals surface area contributed by atoms with Gasteiger partial charge in [0.05, 0.1) is 5.25 Å². The Bertz CT molecular complexity index is 841. The van der Waals surface area contributed by atoms with E-state index in [9.17, 15) is 4.79 Å². The van der Waals surface area contributed by atoms with Gasteiger partial charge in [-0.25, -0.2) is 0 Å². The summed E-state index contributed by atoms with van der Waals surface area (Å²) in [6.07, 6.45) is 0. The van der Waals surface area contributed by atoms with Crippen molar-refractivity contribution in [2.24, 2.45) is 0 Å². The standard InChI is InChI=1S/C19H19N3OS/c1-13-9-11-16(12-10-13)18(23)14(2)24-19-21-20-15(3)22(19)17-7-5-4-6-8-17/h4-12,14H,1-3H3. The number of aryl methyl sites for hydroxylation is 2. The zero-order valence-corrected chi connectivity index (χ0v) is 14.7. The molecular weight excluding hydrogens is 318 g/mol. The predicted molar refractivity (Wildman–Crippen MR) is 96.9 cm³/mol. The molecular formula is C19H19N3OS. The number of carbonyl (C=O) groups is 1. The van der Waals surface area contributed by atoms with Gasteiger partial charge in [0.1, 0.15) is 5.82 Å². The van der Waals surface area contributed by atoms with Crippen LogP contribution in [0, 0.1) is 13.8 Å². The SMILES string of the molecule is Cc1ccc(C(=O)C(C)Sc2nnc(C)n2-c2ccccc2)cc1. The molecule has 3 aromatic rings. The monoisotopic (exact) mass is 337 g/mol. The van der Waals surface area contributed by atoms with Crippen molar-refractivity contribution in [2.75, 3.05) is 0 Å². The smallest absolute Gasteiger partial charge is 0.196 e. The second kappa shape index (κ2) is 7.01. The largest absolute Gasteiger partial charge is 0.293 e. The molecule has 0 bridgehead atoms. The number of thioether (sulfide) groups is 1. The fourth-order valence-electron chi connectivity index (χ4n) is 2.46. The zero-order valence-electron chi connectivity index (χ0n) is 13.9. The maximum atomic E-state index is 12.6. The van der Waals surface area contributed by atoms with Gasteiger partial charge in [-0.3, -0.25) is 9.36 Å². The highest BCUT2D eigenvalue weighted by atomic mass is 32.2. The van der Waals surface area contributed by atoms with Gasteiger partial charge in [0.25, 0.3) is 0 Å². The molecule has 0 radical (unpaired) electrons. The lowest BCUT2D eigenvalue weighted by atomic mass is 10.1. The summed E-state index contributed by atoms with van der Waals surface area (Å²) in [5.41, 5.74) is 2.87. The number of nitrogens with zero attached hydrogens (tertiary/aromatic N) is 3.